The lowest BCUT2D eigenvalue weighted by Gasteiger charge is -2.15. The van der Waals surface area contributed by atoms with Crippen LogP contribution in [0.3, 0.4) is 0 Å². The third kappa shape index (κ3) is 5.24. The molecule has 1 heterocycles. The summed E-state index contributed by atoms with van der Waals surface area (Å²) in [6.45, 7) is 3.14. The summed E-state index contributed by atoms with van der Waals surface area (Å²) in [4.78, 5) is 13.4. The second-order valence-electron chi connectivity index (χ2n) is 7.53. The number of rotatable bonds is 10. The number of halogens is 2. The summed E-state index contributed by atoms with van der Waals surface area (Å²) in [5.74, 6) is 1.35. The number of fused-ring (bicyclic) bond motifs is 1. The van der Waals surface area contributed by atoms with Crippen molar-refractivity contribution in [3.63, 3.8) is 0 Å². The molecule has 166 valence electrons. The van der Waals surface area contributed by atoms with Gasteiger partial charge in [0.05, 0.1) is 18.1 Å². The minimum atomic E-state index is -2.58. The quantitative estimate of drug-likeness (QED) is 0.343. The van der Waals surface area contributed by atoms with Crippen molar-refractivity contribution in [1.29, 1.82) is 0 Å². The first-order valence-electron chi connectivity index (χ1n) is 10.6. The molecule has 3 rings (SSSR count). The van der Waals surface area contributed by atoms with Crippen molar-refractivity contribution in [2.24, 2.45) is 0 Å². The van der Waals surface area contributed by atoms with Crippen LogP contribution >= 0.6 is 0 Å². The van der Waals surface area contributed by atoms with Gasteiger partial charge in [-0.2, -0.15) is 0 Å². The average Bonchev–Trinajstić information content (AvgIpc) is 2.75. The van der Waals surface area contributed by atoms with Crippen molar-refractivity contribution in [3.8, 4) is 22.6 Å². The maximum Gasteiger partial charge on any atom is 0.272 e. The Bertz CT molecular complexity index is 1090. The molecule has 0 bridgehead atoms. The maximum absolute atomic E-state index is 13.4. The Morgan fingerprint density at radius 3 is 2.55 bits per heavy atom. The van der Waals surface area contributed by atoms with Crippen molar-refractivity contribution < 1.29 is 22.7 Å². The highest BCUT2D eigenvalue weighted by molar-refractivity contribution is 5.86. The van der Waals surface area contributed by atoms with Crippen molar-refractivity contribution in [3.05, 3.63) is 57.9 Å². The van der Waals surface area contributed by atoms with E-state index in [0.717, 1.165) is 31.2 Å². The summed E-state index contributed by atoms with van der Waals surface area (Å²) in [6.07, 6.45) is 2.17. The Balaban J connectivity index is 2.12. The lowest BCUT2D eigenvalue weighted by atomic mass is 9.99. The number of hydrogen-bond acceptors (Lipinski definition) is 4. The van der Waals surface area contributed by atoms with Crippen molar-refractivity contribution in [2.45, 2.75) is 52.4 Å². The first-order valence-corrected chi connectivity index (χ1v) is 10.6. The second kappa shape index (κ2) is 10.4. The highest BCUT2D eigenvalue weighted by Crippen LogP contribution is 2.33. The van der Waals surface area contributed by atoms with Crippen molar-refractivity contribution in [1.82, 2.24) is 0 Å². The molecular formula is C25H28F2O4. The molecule has 0 unspecified atom stereocenters. The van der Waals surface area contributed by atoms with E-state index in [9.17, 15) is 13.6 Å². The molecule has 0 N–H and O–H groups in total. The van der Waals surface area contributed by atoms with Gasteiger partial charge in [-0.3, -0.25) is 4.79 Å². The van der Waals surface area contributed by atoms with Gasteiger partial charge >= 0.3 is 0 Å². The average molecular weight is 430 g/mol. The number of alkyl halides is 2. The summed E-state index contributed by atoms with van der Waals surface area (Å²) < 4.78 is 42.2. The molecule has 0 saturated heterocycles. The topological polar surface area (TPSA) is 48.7 Å². The van der Waals surface area contributed by atoms with Gasteiger partial charge in [-0.15, -0.1) is 0 Å². The van der Waals surface area contributed by atoms with Gasteiger partial charge in [-0.05, 0) is 37.5 Å². The van der Waals surface area contributed by atoms with Crippen LogP contribution in [0.5, 0.6) is 11.5 Å². The van der Waals surface area contributed by atoms with Crippen LogP contribution in [0.2, 0.25) is 0 Å². The van der Waals surface area contributed by atoms with Crippen LogP contribution in [0.4, 0.5) is 8.78 Å². The van der Waals surface area contributed by atoms with Gasteiger partial charge in [0, 0.05) is 11.6 Å². The van der Waals surface area contributed by atoms with Crippen LogP contribution in [-0.2, 0) is 6.42 Å². The van der Waals surface area contributed by atoms with E-state index >= 15 is 0 Å². The minimum absolute atomic E-state index is 0.182. The standard InChI is InChI=1S/C25H28F2O4/c1-4-5-6-7-10-17-13-19-22(14-21(17)30-15-23(26)27)31-16(2)24(25(19)28)18-11-8-9-12-20(18)29-3/h8-9,11-14,23H,4-7,10,15H2,1-3H3. The molecule has 1 aromatic heterocycles. The Hall–Kier alpha value is -2.89. The van der Waals surface area contributed by atoms with Gasteiger partial charge in [0.2, 0.25) is 5.43 Å². The van der Waals surface area contributed by atoms with Gasteiger partial charge in [0.25, 0.3) is 6.43 Å². The van der Waals surface area contributed by atoms with E-state index < -0.39 is 13.0 Å². The smallest absolute Gasteiger partial charge is 0.272 e. The summed E-state index contributed by atoms with van der Waals surface area (Å²) in [7, 11) is 1.55. The van der Waals surface area contributed by atoms with Crippen LogP contribution in [0.25, 0.3) is 22.1 Å². The summed E-state index contributed by atoms with van der Waals surface area (Å²) >= 11 is 0. The molecule has 31 heavy (non-hydrogen) atoms. The van der Waals surface area contributed by atoms with Crippen LogP contribution in [0, 0.1) is 6.92 Å². The summed E-state index contributed by atoms with van der Waals surface area (Å²) in [5, 5.41) is 0.404. The molecule has 4 nitrogen and oxygen atoms in total. The van der Waals surface area contributed by atoms with Crippen molar-refractivity contribution >= 4 is 11.0 Å². The lowest BCUT2D eigenvalue weighted by Crippen LogP contribution is -2.11. The number of aryl methyl sites for hydroxylation is 2. The molecule has 0 atom stereocenters. The first kappa shape index (κ1) is 22.8. The molecule has 0 aliphatic carbocycles. The number of para-hydroxylation sites is 1. The highest BCUT2D eigenvalue weighted by atomic mass is 19.3. The SMILES string of the molecule is CCCCCCc1cc2c(=O)c(-c3ccccc3OC)c(C)oc2cc1OCC(F)F. The van der Waals surface area contributed by atoms with Crippen molar-refractivity contribution in [2.75, 3.05) is 13.7 Å². The van der Waals surface area contributed by atoms with E-state index in [1.165, 1.54) is 0 Å². The van der Waals surface area contributed by atoms with Crippen LogP contribution < -0.4 is 14.9 Å². The Kier molecular flexibility index (Phi) is 7.66. The molecule has 0 aliphatic rings. The van der Waals surface area contributed by atoms with Crippen LogP contribution in [0.1, 0.15) is 43.9 Å². The fourth-order valence-corrected chi connectivity index (χ4v) is 3.77. The fourth-order valence-electron chi connectivity index (χ4n) is 3.77. The number of ether oxygens (including phenoxy) is 2. The molecule has 0 aliphatic heterocycles. The lowest BCUT2D eigenvalue weighted by molar-refractivity contribution is 0.0814. The molecular weight excluding hydrogens is 402 g/mol. The summed E-state index contributed by atoms with van der Waals surface area (Å²) in [6, 6.07) is 10.6. The monoisotopic (exact) mass is 430 g/mol. The predicted octanol–water partition coefficient (Wildman–Crippen LogP) is 6.54. The fraction of sp³-hybridized carbons (Fsp3) is 0.400. The van der Waals surface area contributed by atoms with E-state index in [1.807, 2.05) is 18.2 Å². The van der Waals surface area contributed by atoms with Gasteiger partial charge in [0.1, 0.15) is 29.4 Å². The number of hydrogen-bond donors (Lipinski definition) is 0. The zero-order chi connectivity index (χ0) is 22.4. The van der Waals surface area contributed by atoms with Crippen LogP contribution in [0.15, 0.2) is 45.6 Å². The number of unbranched alkanes of at least 4 members (excludes halogenated alkanes) is 3. The second-order valence-corrected chi connectivity index (χ2v) is 7.53. The molecule has 6 heteroatoms. The van der Waals surface area contributed by atoms with E-state index in [1.54, 1.807) is 32.2 Å². The van der Waals surface area contributed by atoms with E-state index in [2.05, 4.69) is 6.92 Å². The summed E-state index contributed by atoms with van der Waals surface area (Å²) in [5.41, 5.74) is 1.97. The third-order valence-corrected chi connectivity index (χ3v) is 5.29. The van der Waals surface area contributed by atoms with Crippen LogP contribution in [-0.4, -0.2) is 20.1 Å². The molecule has 0 fully saturated rings. The third-order valence-electron chi connectivity index (χ3n) is 5.29. The minimum Gasteiger partial charge on any atom is -0.496 e. The normalized spacial score (nSPS) is 11.3. The molecule has 3 aromatic rings. The van der Waals surface area contributed by atoms with Gasteiger partial charge in [0.15, 0.2) is 0 Å². The molecule has 0 amide bonds. The van der Waals surface area contributed by atoms with E-state index in [0.29, 0.717) is 45.8 Å². The molecule has 0 radical (unpaired) electrons. The predicted molar refractivity (Wildman–Crippen MR) is 119 cm³/mol. The zero-order valence-corrected chi connectivity index (χ0v) is 18.2. The molecule has 2 aromatic carbocycles. The molecule has 0 saturated carbocycles. The van der Waals surface area contributed by atoms with Gasteiger partial charge < -0.3 is 13.9 Å². The Labute approximate surface area is 180 Å². The van der Waals surface area contributed by atoms with Gasteiger partial charge in [-0.1, -0.05) is 44.4 Å². The van der Waals surface area contributed by atoms with E-state index in [4.69, 9.17) is 13.9 Å². The number of benzene rings is 2. The molecule has 0 spiro atoms. The van der Waals surface area contributed by atoms with E-state index in [-0.39, 0.29) is 5.43 Å². The number of methoxy groups -OCH3 is 1. The zero-order valence-electron chi connectivity index (χ0n) is 18.2. The maximum atomic E-state index is 13.4. The van der Waals surface area contributed by atoms with Gasteiger partial charge in [-0.25, -0.2) is 8.78 Å². The Morgan fingerprint density at radius 2 is 1.84 bits per heavy atom. The largest absolute Gasteiger partial charge is 0.496 e. The Morgan fingerprint density at radius 1 is 1.06 bits per heavy atom. The first-order chi connectivity index (χ1) is 15.0. The highest BCUT2D eigenvalue weighted by Gasteiger charge is 2.19.